The molecular weight excluding hydrogens is 433 g/mol. The smallest absolute Gasteiger partial charge is 0.336 e. The van der Waals surface area contributed by atoms with Crippen LogP contribution in [0.5, 0.6) is 0 Å². The van der Waals surface area contributed by atoms with E-state index in [1.807, 2.05) is 19.1 Å². The van der Waals surface area contributed by atoms with E-state index in [9.17, 15) is 19.1 Å². The minimum Gasteiger partial charge on any atom is -0.478 e. The number of hydrogen-bond donors (Lipinski definition) is 3. The number of carbonyl (C=O) groups is 2. The third kappa shape index (κ3) is 6.13. The number of amides is 2. The number of rotatable bonds is 7. The van der Waals surface area contributed by atoms with Crippen LogP contribution >= 0.6 is 0 Å². The molecule has 0 heterocycles. The SMILES string of the molecule is CCN(CC(C)(C)C)c1ccc(-c2ccccc2C(=O)O)cc1NC(=O)Nc1ccccc1F. The Labute approximate surface area is 199 Å². The molecule has 6 nitrogen and oxygen atoms in total. The van der Waals surface area contributed by atoms with Crippen LogP contribution in [-0.4, -0.2) is 30.2 Å². The van der Waals surface area contributed by atoms with Crippen LogP contribution < -0.4 is 15.5 Å². The van der Waals surface area contributed by atoms with Crippen molar-refractivity contribution in [3.8, 4) is 11.1 Å². The fourth-order valence-corrected chi connectivity index (χ4v) is 3.78. The standard InChI is InChI=1S/C27H30FN3O3/c1-5-31(17-27(2,3)4)24-15-14-18(19-10-6-7-11-20(19)25(32)33)16-23(24)30-26(34)29-22-13-9-8-12-21(22)28/h6-16H,5,17H2,1-4H3,(H,32,33)(H2,29,30,34). The molecule has 3 rings (SSSR count). The maximum atomic E-state index is 14.0. The topological polar surface area (TPSA) is 81.7 Å². The quantitative estimate of drug-likeness (QED) is 0.364. The number of urea groups is 1. The molecule has 0 bridgehead atoms. The minimum absolute atomic E-state index is 0.00269. The van der Waals surface area contributed by atoms with Crippen LogP contribution in [0.4, 0.5) is 26.2 Å². The molecule has 178 valence electrons. The van der Waals surface area contributed by atoms with Crippen molar-refractivity contribution < 1.29 is 19.1 Å². The van der Waals surface area contributed by atoms with Gasteiger partial charge in [0, 0.05) is 13.1 Å². The number of para-hydroxylation sites is 1. The predicted octanol–water partition coefficient (Wildman–Crippen LogP) is 6.71. The summed E-state index contributed by atoms with van der Waals surface area (Å²) in [6.07, 6.45) is 0. The second-order valence-corrected chi connectivity index (χ2v) is 9.22. The van der Waals surface area contributed by atoms with Gasteiger partial charge >= 0.3 is 12.0 Å². The summed E-state index contributed by atoms with van der Waals surface area (Å²) in [6.45, 7) is 9.86. The van der Waals surface area contributed by atoms with E-state index in [0.29, 0.717) is 23.4 Å². The zero-order chi connectivity index (χ0) is 24.9. The number of carbonyl (C=O) groups excluding carboxylic acids is 1. The monoisotopic (exact) mass is 463 g/mol. The molecule has 0 unspecified atom stereocenters. The first-order valence-electron chi connectivity index (χ1n) is 11.1. The number of nitrogens with zero attached hydrogens (tertiary/aromatic N) is 1. The van der Waals surface area contributed by atoms with Gasteiger partial charge in [-0.05, 0) is 53.8 Å². The normalized spacial score (nSPS) is 11.1. The van der Waals surface area contributed by atoms with E-state index in [1.165, 1.54) is 12.1 Å². The Balaban J connectivity index is 2.04. The van der Waals surface area contributed by atoms with Crippen LogP contribution in [0, 0.1) is 11.2 Å². The van der Waals surface area contributed by atoms with Crippen LogP contribution in [0.25, 0.3) is 11.1 Å². The van der Waals surface area contributed by atoms with E-state index in [1.54, 1.807) is 42.5 Å². The van der Waals surface area contributed by atoms with Crippen molar-refractivity contribution in [3.05, 3.63) is 78.1 Å². The summed E-state index contributed by atoms with van der Waals surface area (Å²) in [6, 6.07) is 17.5. The summed E-state index contributed by atoms with van der Waals surface area (Å²) in [5, 5.41) is 15.0. The van der Waals surface area contributed by atoms with E-state index >= 15 is 0 Å². The average Bonchev–Trinajstić information content (AvgIpc) is 2.78. The number of carboxylic acids is 1. The van der Waals surface area contributed by atoms with Gasteiger partial charge in [-0.2, -0.15) is 0 Å². The Kier molecular flexibility index (Phi) is 7.56. The van der Waals surface area contributed by atoms with Crippen LogP contribution in [0.3, 0.4) is 0 Å². The van der Waals surface area contributed by atoms with Gasteiger partial charge in [0.25, 0.3) is 0 Å². The number of nitrogens with one attached hydrogen (secondary N) is 2. The number of carboxylic acid groups (broad SMARTS) is 1. The molecule has 2 amide bonds. The fourth-order valence-electron chi connectivity index (χ4n) is 3.78. The molecule has 0 fully saturated rings. The van der Waals surface area contributed by atoms with Crippen molar-refractivity contribution in [2.45, 2.75) is 27.7 Å². The lowest BCUT2D eigenvalue weighted by Crippen LogP contribution is -2.33. The highest BCUT2D eigenvalue weighted by Gasteiger charge is 2.21. The summed E-state index contributed by atoms with van der Waals surface area (Å²) in [4.78, 5) is 26.7. The van der Waals surface area contributed by atoms with E-state index in [2.05, 4.69) is 36.3 Å². The molecule has 0 aliphatic carbocycles. The van der Waals surface area contributed by atoms with Crippen molar-refractivity contribution >= 4 is 29.1 Å². The van der Waals surface area contributed by atoms with Gasteiger partial charge in [0.2, 0.25) is 0 Å². The minimum atomic E-state index is -1.03. The van der Waals surface area contributed by atoms with E-state index in [-0.39, 0.29) is 16.7 Å². The van der Waals surface area contributed by atoms with Crippen molar-refractivity contribution in [1.82, 2.24) is 0 Å². The third-order valence-electron chi connectivity index (χ3n) is 5.22. The van der Waals surface area contributed by atoms with Gasteiger partial charge in [-0.25, -0.2) is 14.0 Å². The number of benzene rings is 3. The van der Waals surface area contributed by atoms with Gasteiger partial charge in [0.1, 0.15) is 5.82 Å². The zero-order valence-corrected chi connectivity index (χ0v) is 19.9. The maximum absolute atomic E-state index is 14.0. The van der Waals surface area contributed by atoms with E-state index < -0.39 is 17.8 Å². The van der Waals surface area contributed by atoms with E-state index in [4.69, 9.17) is 0 Å². The first-order chi connectivity index (χ1) is 16.1. The van der Waals surface area contributed by atoms with Crippen molar-refractivity contribution in [3.63, 3.8) is 0 Å². The summed E-state index contributed by atoms with van der Waals surface area (Å²) in [5.74, 6) is -1.57. The first kappa shape index (κ1) is 24.8. The van der Waals surface area contributed by atoms with Crippen LogP contribution in [0.1, 0.15) is 38.1 Å². The molecule has 0 radical (unpaired) electrons. The highest BCUT2D eigenvalue weighted by atomic mass is 19.1. The van der Waals surface area contributed by atoms with E-state index in [0.717, 1.165) is 12.2 Å². The molecule has 0 saturated heterocycles. The lowest BCUT2D eigenvalue weighted by Gasteiger charge is -2.32. The molecular formula is C27H30FN3O3. The largest absolute Gasteiger partial charge is 0.478 e. The number of anilines is 3. The Morgan fingerprint density at radius 3 is 2.24 bits per heavy atom. The number of aromatic carboxylic acids is 1. The molecule has 3 aromatic rings. The molecule has 3 N–H and O–H groups in total. The second-order valence-electron chi connectivity index (χ2n) is 9.22. The summed E-state index contributed by atoms with van der Waals surface area (Å²) >= 11 is 0. The van der Waals surface area contributed by atoms with Crippen LogP contribution in [-0.2, 0) is 0 Å². The van der Waals surface area contributed by atoms with Gasteiger partial charge < -0.3 is 20.6 Å². The molecule has 3 aromatic carbocycles. The lowest BCUT2D eigenvalue weighted by atomic mass is 9.95. The lowest BCUT2D eigenvalue weighted by molar-refractivity contribution is 0.0697. The van der Waals surface area contributed by atoms with Crippen molar-refractivity contribution in [2.75, 3.05) is 28.6 Å². The second kappa shape index (κ2) is 10.4. The van der Waals surface area contributed by atoms with Crippen molar-refractivity contribution in [2.24, 2.45) is 5.41 Å². The van der Waals surface area contributed by atoms with Crippen molar-refractivity contribution in [1.29, 1.82) is 0 Å². The third-order valence-corrected chi connectivity index (χ3v) is 5.22. The van der Waals surface area contributed by atoms with Crippen LogP contribution in [0.2, 0.25) is 0 Å². The Morgan fingerprint density at radius 2 is 1.59 bits per heavy atom. The highest BCUT2D eigenvalue weighted by molar-refractivity contribution is 6.03. The average molecular weight is 464 g/mol. The fraction of sp³-hybridized carbons (Fsp3) is 0.259. The van der Waals surface area contributed by atoms with Gasteiger partial charge in [0.05, 0.1) is 22.6 Å². The number of hydrogen-bond acceptors (Lipinski definition) is 3. The summed E-state index contributed by atoms with van der Waals surface area (Å²) in [5.41, 5.74) is 2.70. The van der Waals surface area contributed by atoms with Crippen LogP contribution in [0.15, 0.2) is 66.7 Å². The summed E-state index contributed by atoms with van der Waals surface area (Å²) < 4.78 is 14.0. The molecule has 0 saturated carbocycles. The first-order valence-corrected chi connectivity index (χ1v) is 11.1. The highest BCUT2D eigenvalue weighted by Crippen LogP contribution is 2.34. The Morgan fingerprint density at radius 1 is 0.941 bits per heavy atom. The molecule has 0 spiro atoms. The molecule has 7 heteroatoms. The number of halogens is 1. The molecule has 0 aliphatic rings. The van der Waals surface area contributed by atoms with Gasteiger partial charge in [0.15, 0.2) is 0 Å². The predicted molar refractivity (Wildman–Crippen MR) is 135 cm³/mol. The zero-order valence-electron chi connectivity index (χ0n) is 19.9. The van der Waals surface area contributed by atoms with Gasteiger partial charge in [-0.1, -0.05) is 57.2 Å². The molecule has 0 aromatic heterocycles. The molecule has 34 heavy (non-hydrogen) atoms. The Hall–Kier alpha value is -3.87. The molecule has 0 aliphatic heterocycles. The Bertz CT molecular complexity index is 1190. The maximum Gasteiger partial charge on any atom is 0.336 e. The van der Waals surface area contributed by atoms with Gasteiger partial charge in [-0.15, -0.1) is 0 Å². The summed E-state index contributed by atoms with van der Waals surface area (Å²) in [7, 11) is 0. The molecule has 0 atom stereocenters. The van der Waals surface area contributed by atoms with Gasteiger partial charge in [-0.3, -0.25) is 0 Å².